The normalized spacial score (nSPS) is 15.9. The van der Waals surface area contributed by atoms with Crippen LogP contribution in [0.15, 0.2) is 48.5 Å². The largest absolute Gasteiger partial charge is 0.478 e. The van der Waals surface area contributed by atoms with Crippen molar-refractivity contribution in [2.75, 3.05) is 33.6 Å². The number of amides is 2. The molecule has 2 aromatic carbocycles. The number of aryl methyl sites for hydroxylation is 1. The molecule has 0 spiro atoms. The van der Waals surface area contributed by atoms with Gasteiger partial charge in [-0.05, 0) is 67.5 Å². The molecule has 8 nitrogen and oxygen atoms in total. The maximum Gasteiger partial charge on any atom is 0.328 e. The second-order valence-corrected chi connectivity index (χ2v) is 12.3. The van der Waals surface area contributed by atoms with Crippen molar-refractivity contribution in [1.29, 1.82) is 0 Å². The van der Waals surface area contributed by atoms with Crippen LogP contribution < -0.4 is 15.5 Å². The third-order valence-corrected chi connectivity index (χ3v) is 8.16. The molecule has 3 N–H and O–H groups in total. The van der Waals surface area contributed by atoms with Gasteiger partial charge in [-0.15, -0.1) is 0 Å². The fourth-order valence-electron chi connectivity index (χ4n) is 4.57. The minimum absolute atomic E-state index is 0.0118. The van der Waals surface area contributed by atoms with E-state index in [0.717, 1.165) is 11.3 Å². The molecule has 1 saturated heterocycles. The zero-order chi connectivity index (χ0) is 27.2. The second-order valence-electron chi connectivity index (χ2n) is 9.97. The van der Waals surface area contributed by atoms with E-state index in [0.29, 0.717) is 54.2 Å². The minimum atomic E-state index is -3.03. The van der Waals surface area contributed by atoms with Crippen LogP contribution in [0.5, 0.6) is 0 Å². The van der Waals surface area contributed by atoms with Crippen LogP contribution in [0, 0.1) is 12.8 Å². The Balaban J connectivity index is 2.01. The van der Waals surface area contributed by atoms with Gasteiger partial charge in [-0.1, -0.05) is 44.5 Å². The van der Waals surface area contributed by atoms with Crippen LogP contribution in [0.1, 0.15) is 51.2 Å². The summed E-state index contributed by atoms with van der Waals surface area (Å²) in [5.41, 5.74) is 4.40. The van der Waals surface area contributed by atoms with E-state index >= 15 is 0 Å². The van der Waals surface area contributed by atoms with Crippen LogP contribution in [-0.4, -0.2) is 49.6 Å². The molecule has 0 aliphatic carbocycles. The third kappa shape index (κ3) is 8.08. The fourth-order valence-corrected chi connectivity index (χ4v) is 6.04. The lowest BCUT2D eigenvalue weighted by Crippen LogP contribution is -2.43. The Morgan fingerprint density at radius 3 is 2.30 bits per heavy atom. The molecule has 0 aromatic heterocycles. The number of sulfone groups is 1. The monoisotopic (exact) mass is 527 g/mol. The Bertz CT molecular complexity index is 1240. The predicted octanol–water partition coefficient (Wildman–Crippen LogP) is 5.56. The molecule has 0 atom stereocenters. The van der Waals surface area contributed by atoms with Gasteiger partial charge < -0.3 is 20.6 Å². The Morgan fingerprint density at radius 2 is 1.73 bits per heavy atom. The summed E-state index contributed by atoms with van der Waals surface area (Å²) in [7, 11) is -3.03. The van der Waals surface area contributed by atoms with Crippen molar-refractivity contribution >= 4 is 44.5 Å². The van der Waals surface area contributed by atoms with Crippen LogP contribution >= 0.6 is 0 Å². The van der Waals surface area contributed by atoms with Crippen LogP contribution in [0.2, 0.25) is 0 Å². The number of carbonyl (C=O) groups is 2. The van der Waals surface area contributed by atoms with Crippen molar-refractivity contribution in [2.24, 2.45) is 5.92 Å². The standard InChI is InChI=1S/C28H37N3O5S/c1-5-21(17-27(32)33)22-8-11-26(31(18-19(2)3)24-12-14-37(35,36)15-13-24)25(16-22)30-28(34)29-23-9-6-20(4)7-10-23/h6-11,16-17,19,24H,5,12-15,18H2,1-4H3,(H,32,33)(H2,29,30,34)/b21-17+. The first-order valence-corrected chi connectivity index (χ1v) is 14.5. The molecule has 1 fully saturated rings. The number of hydrogen-bond donors (Lipinski definition) is 3. The van der Waals surface area contributed by atoms with Crippen molar-refractivity contribution in [3.63, 3.8) is 0 Å². The first-order valence-electron chi connectivity index (χ1n) is 12.7. The predicted molar refractivity (Wildman–Crippen MR) is 150 cm³/mol. The third-order valence-electron chi connectivity index (χ3n) is 6.44. The van der Waals surface area contributed by atoms with Crippen molar-refractivity contribution < 1.29 is 23.1 Å². The van der Waals surface area contributed by atoms with Gasteiger partial charge in [0, 0.05) is 24.4 Å². The molecule has 2 aromatic rings. The average molecular weight is 528 g/mol. The minimum Gasteiger partial charge on any atom is -0.478 e. The van der Waals surface area contributed by atoms with Gasteiger partial charge in [-0.2, -0.15) is 0 Å². The number of nitrogens with one attached hydrogen (secondary N) is 2. The number of benzene rings is 2. The number of anilines is 3. The van der Waals surface area contributed by atoms with Gasteiger partial charge in [0.2, 0.25) is 0 Å². The Kier molecular flexibility index (Phi) is 9.37. The van der Waals surface area contributed by atoms with E-state index in [1.807, 2.05) is 50.2 Å². The maximum absolute atomic E-state index is 13.0. The summed E-state index contributed by atoms with van der Waals surface area (Å²) in [6, 6.07) is 12.6. The molecular weight excluding hydrogens is 490 g/mol. The Hall–Kier alpha value is -3.33. The van der Waals surface area contributed by atoms with Crippen LogP contribution in [0.25, 0.3) is 5.57 Å². The molecule has 200 valence electrons. The van der Waals surface area contributed by atoms with Crippen LogP contribution in [-0.2, 0) is 14.6 Å². The molecular formula is C28H37N3O5S. The SMILES string of the molecule is CC/C(=C\C(=O)O)c1ccc(N(CC(C)C)C2CCS(=O)(=O)CC2)c(NC(=O)Nc2ccc(C)cc2)c1. The zero-order valence-corrected chi connectivity index (χ0v) is 22.8. The molecule has 9 heteroatoms. The average Bonchev–Trinajstić information content (AvgIpc) is 2.82. The molecule has 1 aliphatic heterocycles. The summed E-state index contributed by atoms with van der Waals surface area (Å²) in [5, 5.41) is 15.1. The van der Waals surface area contributed by atoms with E-state index in [1.54, 1.807) is 6.07 Å². The fraction of sp³-hybridized carbons (Fsp3) is 0.429. The number of urea groups is 1. The van der Waals surface area contributed by atoms with Gasteiger partial charge in [-0.25, -0.2) is 18.0 Å². The number of rotatable bonds is 9. The van der Waals surface area contributed by atoms with E-state index in [2.05, 4.69) is 29.4 Å². The quantitative estimate of drug-likeness (QED) is 0.368. The highest BCUT2D eigenvalue weighted by molar-refractivity contribution is 7.91. The lowest BCUT2D eigenvalue weighted by molar-refractivity contribution is -0.131. The molecule has 0 unspecified atom stereocenters. The lowest BCUT2D eigenvalue weighted by atomic mass is 9.99. The first kappa shape index (κ1) is 28.2. The van der Waals surface area contributed by atoms with E-state index in [4.69, 9.17) is 0 Å². The summed E-state index contributed by atoms with van der Waals surface area (Å²) in [5.74, 6) is -0.451. The summed E-state index contributed by atoms with van der Waals surface area (Å²) in [6.07, 6.45) is 2.73. The Morgan fingerprint density at radius 1 is 1.08 bits per heavy atom. The smallest absolute Gasteiger partial charge is 0.328 e. The van der Waals surface area contributed by atoms with Crippen molar-refractivity contribution in [1.82, 2.24) is 0 Å². The van der Waals surface area contributed by atoms with E-state index in [-0.39, 0.29) is 17.5 Å². The second kappa shape index (κ2) is 12.3. The number of carboxylic acid groups (broad SMARTS) is 1. The Labute approximate surface area is 219 Å². The number of aliphatic carboxylic acids is 1. The number of carbonyl (C=O) groups excluding carboxylic acids is 1. The van der Waals surface area contributed by atoms with Gasteiger partial charge in [-0.3, -0.25) is 0 Å². The summed E-state index contributed by atoms with van der Waals surface area (Å²) < 4.78 is 24.2. The molecule has 0 saturated carbocycles. The summed E-state index contributed by atoms with van der Waals surface area (Å²) in [6.45, 7) is 8.74. The van der Waals surface area contributed by atoms with Gasteiger partial charge >= 0.3 is 12.0 Å². The van der Waals surface area contributed by atoms with Gasteiger partial charge in [0.1, 0.15) is 9.84 Å². The molecule has 37 heavy (non-hydrogen) atoms. The van der Waals surface area contributed by atoms with E-state index in [1.165, 1.54) is 6.08 Å². The number of allylic oxidation sites excluding steroid dienone is 1. The highest BCUT2D eigenvalue weighted by Gasteiger charge is 2.30. The van der Waals surface area contributed by atoms with Crippen LogP contribution in [0.4, 0.5) is 21.9 Å². The molecule has 1 aliphatic rings. The van der Waals surface area contributed by atoms with Gasteiger partial charge in [0.05, 0.1) is 22.9 Å². The molecule has 0 radical (unpaired) electrons. The van der Waals surface area contributed by atoms with E-state index in [9.17, 15) is 23.1 Å². The molecule has 3 rings (SSSR count). The summed E-state index contributed by atoms with van der Waals surface area (Å²) >= 11 is 0. The van der Waals surface area contributed by atoms with Gasteiger partial charge in [0.25, 0.3) is 0 Å². The number of carboxylic acids is 1. The first-order chi connectivity index (χ1) is 17.5. The highest BCUT2D eigenvalue weighted by atomic mass is 32.2. The number of hydrogen-bond acceptors (Lipinski definition) is 5. The number of nitrogens with zero attached hydrogens (tertiary/aromatic N) is 1. The van der Waals surface area contributed by atoms with Crippen molar-refractivity contribution in [3.8, 4) is 0 Å². The highest BCUT2D eigenvalue weighted by Crippen LogP contribution is 2.35. The van der Waals surface area contributed by atoms with Crippen molar-refractivity contribution in [3.05, 3.63) is 59.7 Å². The van der Waals surface area contributed by atoms with E-state index < -0.39 is 21.8 Å². The summed E-state index contributed by atoms with van der Waals surface area (Å²) in [4.78, 5) is 26.6. The van der Waals surface area contributed by atoms with Crippen LogP contribution in [0.3, 0.4) is 0 Å². The lowest BCUT2D eigenvalue weighted by Gasteiger charge is -2.38. The maximum atomic E-state index is 13.0. The molecule has 0 bridgehead atoms. The van der Waals surface area contributed by atoms with Gasteiger partial charge in [0.15, 0.2) is 0 Å². The van der Waals surface area contributed by atoms with Crippen molar-refractivity contribution in [2.45, 2.75) is 53.0 Å². The molecule has 1 heterocycles. The zero-order valence-electron chi connectivity index (χ0n) is 22.0. The topological polar surface area (TPSA) is 116 Å². The molecule has 2 amide bonds.